The summed E-state index contributed by atoms with van der Waals surface area (Å²) >= 11 is 6.28. The number of phenolic OH excluding ortho intramolecular Hbond substituents is 1. The molecule has 2 aromatic rings. The van der Waals surface area contributed by atoms with Gasteiger partial charge < -0.3 is 25.5 Å². The van der Waals surface area contributed by atoms with Crippen LogP contribution in [0.15, 0.2) is 30.3 Å². The van der Waals surface area contributed by atoms with E-state index >= 15 is 0 Å². The summed E-state index contributed by atoms with van der Waals surface area (Å²) in [5.74, 6) is -4.96. The maximum atomic E-state index is 13.4. The van der Waals surface area contributed by atoms with Gasteiger partial charge in [-0.1, -0.05) is 0 Å². The van der Waals surface area contributed by atoms with Crippen molar-refractivity contribution < 1.29 is 38.5 Å². The second-order valence-corrected chi connectivity index (χ2v) is 9.15. The maximum Gasteiger partial charge on any atom is 0.359 e. The van der Waals surface area contributed by atoms with Gasteiger partial charge in [-0.05, 0) is 62.1 Å². The Morgan fingerprint density at radius 3 is 2.37 bits per heavy atom. The van der Waals surface area contributed by atoms with Gasteiger partial charge >= 0.3 is 5.97 Å². The monoisotopic (exact) mass is 510 g/mol. The number of rotatable bonds is 7. The first-order chi connectivity index (χ1) is 16.3. The van der Waals surface area contributed by atoms with Gasteiger partial charge in [-0.15, -0.1) is 11.6 Å². The van der Waals surface area contributed by atoms with Crippen molar-refractivity contribution in [2.45, 2.75) is 50.3 Å². The number of alkyl halides is 1. The molecule has 1 saturated heterocycles. The molecule has 0 bridgehead atoms. The number of carboxylic acids is 1. The Hall–Kier alpha value is -3.24. The predicted molar refractivity (Wildman–Crippen MR) is 122 cm³/mol. The molecule has 1 fully saturated rings. The molecule has 188 valence electrons. The quantitative estimate of drug-likeness (QED) is 0.424. The number of aliphatic carboxylic acids is 1. The van der Waals surface area contributed by atoms with Crippen LogP contribution in [-0.4, -0.2) is 61.7 Å². The SMILES string of the molecule is Cc1cc(O)c(C)c(C(=O)NC2C(Cl)CN(C(=O)CCCc3cc(F)cc(F)c3)[C@]2(O)C(=O)O)c1. The summed E-state index contributed by atoms with van der Waals surface area (Å²) < 4.78 is 26.7. The van der Waals surface area contributed by atoms with Crippen LogP contribution in [0.3, 0.4) is 0 Å². The van der Waals surface area contributed by atoms with Gasteiger partial charge in [0.05, 0.1) is 5.38 Å². The van der Waals surface area contributed by atoms with E-state index in [1.54, 1.807) is 6.92 Å². The van der Waals surface area contributed by atoms with Gasteiger partial charge in [0.2, 0.25) is 5.91 Å². The average Bonchev–Trinajstić information content (AvgIpc) is 3.01. The fourth-order valence-electron chi connectivity index (χ4n) is 4.20. The Kier molecular flexibility index (Phi) is 7.66. The minimum Gasteiger partial charge on any atom is -0.508 e. The van der Waals surface area contributed by atoms with Gasteiger partial charge in [0.1, 0.15) is 23.4 Å². The van der Waals surface area contributed by atoms with Crippen molar-refractivity contribution in [3.05, 3.63) is 64.2 Å². The van der Waals surface area contributed by atoms with Gasteiger partial charge in [0.15, 0.2) is 0 Å². The van der Waals surface area contributed by atoms with E-state index in [4.69, 9.17) is 11.6 Å². The highest BCUT2D eigenvalue weighted by atomic mass is 35.5. The number of hydrogen-bond acceptors (Lipinski definition) is 5. The third-order valence-corrected chi connectivity index (χ3v) is 6.40. The van der Waals surface area contributed by atoms with Crippen LogP contribution >= 0.6 is 11.6 Å². The zero-order valence-electron chi connectivity index (χ0n) is 19.0. The molecule has 2 unspecified atom stereocenters. The summed E-state index contributed by atoms with van der Waals surface area (Å²) in [6.07, 6.45) is 0.0306. The number of carboxylic acid groups (broad SMARTS) is 1. The van der Waals surface area contributed by atoms with Crippen LogP contribution < -0.4 is 5.32 Å². The molecule has 35 heavy (non-hydrogen) atoms. The van der Waals surface area contributed by atoms with Crippen molar-refractivity contribution in [3.8, 4) is 5.75 Å². The molecular weight excluding hydrogens is 486 g/mol. The van der Waals surface area contributed by atoms with Crippen LogP contribution in [0.5, 0.6) is 5.75 Å². The lowest BCUT2D eigenvalue weighted by Crippen LogP contribution is -2.63. The van der Waals surface area contributed by atoms with Gasteiger partial charge in [0.25, 0.3) is 11.6 Å². The topological polar surface area (TPSA) is 127 Å². The third kappa shape index (κ3) is 5.38. The fraction of sp³-hybridized carbons (Fsp3) is 0.375. The molecule has 0 radical (unpaired) electrons. The molecule has 0 saturated carbocycles. The predicted octanol–water partition coefficient (Wildman–Crippen LogP) is 2.63. The molecule has 1 aliphatic heterocycles. The van der Waals surface area contributed by atoms with Crippen LogP contribution in [0.1, 0.15) is 39.9 Å². The molecule has 11 heteroatoms. The van der Waals surface area contributed by atoms with Crippen molar-refractivity contribution in [1.82, 2.24) is 10.2 Å². The largest absolute Gasteiger partial charge is 0.508 e. The van der Waals surface area contributed by atoms with E-state index in [0.717, 1.165) is 18.2 Å². The smallest absolute Gasteiger partial charge is 0.359 e. The minimum absolute atomic E-state index is 0.0613. The number of benzene rings is 2. The van der Waals surface area contributed by atoms with E-state index in [0.29, 0.717) is 16.0 Å². The molecule has 1 aliphatic rings. The standard InChI is InChI=1S/C24H25ClF2N2O6/c1-12-6-17(13(2)19(30)7-12)22(32)28-21-18(25)11-29(24(21,35)23(33)34)20(31)5-3-4-14-8-15(26)10-16(27)9-14/h6-10,18,21,30,35H,3-5,11H2,1-2H3,(H,28,32)(H,33,34)/t18?,21?,24-/m1/s1. The number of likely N-dealkylation sites (tertiary alicyclic amines) is 1. The molecule has 0 aliphatic carbocycles. The lowest BCUT2D eigenvalue weighted by Gasteiger charge is -2.34. The second-order valence-electron chi connectivity index (χ2n) is 8.59. The summed E-state index contributed by atoms with van der Waals surface area (Å²) in [5, 5.41) is 32.1. The maximum absolute atomic E-state index is 13.4. The molecule has 3 atom stereocenters. The molecule has 8 nitrogen and oxygen atoms in total. The summed E-state index contributed by atoms with van der Waals surface area (Å²) in [5.41, 5.74) is -1.62. The van der Waals surface area contributed by atoms with E-state index in [9.17, 15) is 38.5 Å². The molecule has 1 heterocycles. The highest BCUT2D eigenvalue weighted by molar-refractivity contribution is 6.22. The van der Waals surface area contributed by atoms with Crippen LogP contribution in [0.25, 0.3) is 0 Å². The van der Waals surface area contributed by atoms with Gasteiger partial charge in [0, 0.05) is 30.2 Å². The molecular formula is C24H25ClF2N2O6. The number of aryl methyl sites for hydroxylation is 2. The van der Waals surface area contributed by atoms with Crippen LogP contribution in [0, 0.1) is 25.5 Å². The lowest BCUT2D eigenvalue weighted by atomic mass is 10.0. The normalized spacial score (nSPS) is 21.7. The number of amides is 2. The van der Waals surface area contributed by atoms with Gasteiger partial charge in [-0.25, -0.2) is 13.6 Å². The number of aliphatic hydroxyl groups is 1. The zero-order valence-corrected chi connectivity index (χ0v) is 19.8. The van der Waals surface area contributed by atoms with Crippen molar-refractivity contribution in [3.63, 3.8) is 0 Å². The molecule has 4 N–H and O–H groups in total. The number of nitrogens with zero attached hydrogens (tertiary/aromatic N) is 1. The summed E-state index contributed by atoms with van der Waals surface area (Å²) in [6, 6.07) is 4.36. The van der Waals surface area contributed by atoms with E-state index in [2.05, 4.69) is 5.32 Å². The number of aromatic hydroxyl groups is 1. The van der Waals surface area contributed by atoms with Crippen molar-refractivity contribution in [2.24, 2.45) is 0 Å². The van der Waals surface area contributed by atoms with E-state index in [1.807, 2.05) is 0 Å². The molecule has 0 spiro atoms. The third-order valence-electron chi connectivity index (χ3n) is 6.01. The van der Waals surface area contributed by atoms with Gasteiger partial charge in [-0.2, -0.15) is 0 Å². The Morgan fingerprint density at radius 2 is 1.77 bits per heavy atom. The summed E-state index contributed by atoms with van der Waals surface area (Å²) in [7, 11) is 0. The first-order valence-corrected chi connectivity index (χ1v) is 11.2. The van der Waals surface area contributed by atoms with E-state index in [-0.39, 0.29) is 42.7 Å². The van der Waals surface area contributed by atoms with Crippen LogP contribution in [0.4, 0.5) is 8.78 Å². The first-order valence-electron chi connectivity index (χ1n) is 10.8. The van der Waals surface area contributed by atoms with Crippen molar-refractivity contribution in [1.29, 1.82) is 0 Å². The number of nitrogens with one attached hydrogen (secondary N) is 1. The van der Waals surface area contributed by atoms with Crippen LogP contribution in [0.2, 0.25) is 0 Å². The lowest BCUT2D eigenvalue weighted by molar-refractivity contribution is -0.185. The Morgan fingerprint density at radius 1 is 1.14 bits per heavy atom. The molecule has 2 amide bonds. The number of halogens is 3. The van der Waals surface area contributed by atoms with E-state index in [1.165, 1.54) is 19.1 Å². The first kappa shape index (κ1) is 26.4. The number of carbonyl (C=O) groups excluding carboxylic acids is 2. The summed E-state index contributed by atoms with van der Waals surface area (Å²) in [6.45, 7) is 2.79. The summed E-state index contributed by atoms with van der Waals surface area (Å²) in [4.78, 5) is 38.5. The Bertz CT molecular complexity index is 1160. The Balaban J connectivity index is 1.76. The fourth-order valence-corrected chi connectivity index (χ4v) is 4.58. The average molecular weight is 511 g/mol. The minimum atomic E-state index is -2.83. The zero-order chi connectivity index (χ0) is 26.1. The number of hydrogen-bond donors (Lipinski definition) is 4. The van der Waals surface area contributed by atoms with Crippen molar-refractivity contribution >= 4 is 29.4 Å². The Labute approximate surface area is 205 Å². The highest BCUT2D eigenvalue weighted by Crippen LogP contribution is 2.33. The van der Waals surface area contributed by atoms with Crippen LogP contribution in [-0.2, 0) is 16.0 Å². The molecule has 0 aromatic heterocycles. The van der Waals surface area contributed by atoms with Crippen molar-refractivity contribution in [2.75, 3.05) is 6.54 Å². The van der Waals surface area contributed by atoms with Gasteiger partial charge in [-0.3, -0.25) is 9.59 Å². The molecule has 3 rings (SSSR count). The second kappa shape index (κ2) is 10.2. The van der Waals surface area contributed by atoms with E-state index < -0.39 is 46.6 Å². The number of phenols is 1. The molecule has 2 aromatic carbocycles. The highest BCUT2D eigenvalue weighted by Gasteiger charge is 2.60. The number of carbonyl (C=O) groups is 3.